The molecule has 0 aliphatic heterocycles. The van der Waals surface area contributed by atoms with Crippen LogP contribution in [0.25, 0.3) is 0 Å². The maximum atomic E-state index is 13.8. The zero-order valence-electron chi connectivity index (χ0n) is 20.6. The number of methoxy groups -OCH3 is 1. The molecular weight excluding hydrogens is 484 g/mol. The maximum absolute atomic E-state index is 13.8. The molecule has 4 aromatic carbocycles. The molecule has 0 fully saturated rings. The number of halogens is 1. The molecular formula is C31H29ClN2O3. The number of ether oxygens (including phenoxy) is 1. The van der Waals surface area contributed by atoms with Crippen molar-refractivity contribution in [1.29, 1.82) is 0 Å². The zero-order chi connectivity index (χ0) is 26.0. The van der Waals surface area contributed by atoms with Crippen molar-refractivity contribution in [2.24, 2.45) is 0 Å². The van der Waals surface area contributed by atoms with Gasteiger partial charge in [0.2, 0.25) is 11.8 Å². The Labute approximate surface area is 222 Å². The van der Waals surface area contributed by atoms with Gasteiger partial charge in [-0.1, -0.05) is 96.5 Å². The molecule has 0 radical (unpaired) electrons. The van der Waals surface area contributed by atoms with Crippen LogP contribution in [-0.4, -0.2) is 23.8 Å². The first kappa shape index (κ1) is 26.0. The fourth-order valence-corrected chi connectivity index (χ4v) is 4.25. The van der Waals surface area contributed by atoms with Crippen molar-refractivity contribution in [2.75, 3.05) is 7.11 Å². The lowest BCUT2D eigenvalue weighted by Crippen LogP contribution is -2.43. The van der Waals surface area contributed by atoms with Crippen molar-refractivity contribution in [3.05, 3.63) is 136 Å². The Morgan fingerprint density at radius 2 is 1.38 bits per heavy atom. The van der Waals surface area contributed by atoms with E-state index >= 15 is 0 Å². The maximum Gasteiger partial charge on any atom is 0.247 e. The van der Waals surface area contributed by atoms with E-state index in [9.17, 15) is 9.59 Å². The first-order valence-corrected chi connectivity index (χ1v) is 12.4. The van der Waals surface area contributed by atoms with Crippen LogP contribution in [0.2, 0.25) is 5.02 Å². The van der Waals surface area contributed by atoms with E-state index < -0.39 is 6.04 Å². The number of hydrogen-bond donors (Lipinski definition) is 1. The average Bonchev–Trinajstić information content (AvgIpc) is 2.94. The van der Waals surface area contributed by atoms with Gasteiger partial charge in [0.25, 0.3) is 0 Å². The van der Waals surface area contributed by atoms with Crippen LogP contribution in [0.15, 0.2) is 109 Å². The molecule has 37 heavy (non-hydrogen) atoms. The SMILES string of the molecule is COc1ccc(CNC(=O)[C@@H](c2ccccc2)N(Cc2ccccc2)C(=O)Cc2ccc(Cl)cc2)cc1. The molecule has 1 atom stereocenters. The summed E-state index contributed by atoms with van der Waals surface area (Å²) in [6.45, 7) is 0.624. The predicted molar refractivity (Wildman–Crippen MR) is 146 cm³/mol. The first-order chi connectivity index (χ1) is 18.0. The largest absolute Gasteiger partial charge is 0.497 e. The van der Waals surface area contributed by atoms with Crippen LogP contribution in [0, 0.1) is 0 Å². The van der Waals surface area contributed by atoms with E-state index in [0.29, 0.717) is 18.1 Å². The van der Waals surface area contributed by atoms with Gasteiger partial charge in [-0.25, -0.2) is 0 Å². The van der Waals surface area contributed by atoms with Crippen molar-refractivity contribution in [3.8, 4) is 5.75 Å². The monoisotopic (exact) mass is 512 g/mol. The van der Waals surface area contributed by atoms with Gasteiger partial charge in [-0.3, -0.25) is 9.59 Å². The number of benzene rings is 4. The number of nitrogens with one attached hydrogen (secondary N) is 1. The van der Waals surface area contributed by atoms with E-state index in [1.54, 1.807) is 24.1 Å². The molecule has 1 N–H and O–H groups in total. The third kappa shape index (κ3) is 7.21. The van der Waals surface area contributed by atoms with Gasteiger partial charge in [0.05, 0.1) is 13.5 Å². The van der Waals surface area contributed by atoms with Crippen LogP contribution in [-0.2, 0) is 29.1 Å². The zero-order valence-corrected chi connectivity index (χ0v) is 21.4. The van der Waals surface area contributed by atoms with Gasteiger partial charge in [-0.2, -0.15) is 0 Å². The summed E-state index contributed by atoms with van der Waals surface area (Å²) in [5.74, 6) is 0.348. The number of carbonyl (C=O) groups excluding carboxylic acids is 2. The third-order valence-electron chi connectivity index (χ3n) is 6.09. The Kier molecular flexibility index (Phi) is 8.95. The molecule has 4 aromatic rings. The number of amides is 2. The van der Waals surface area contributed by atoms with Crippen molar-refractivity contribution in [2.45, 2.75) is 25.6 Å². The minimum atomic E-state index is -0.806. The van der Waals surface area contributed by atoms with Gasteiger partial charge in [-0.15, -0.1) is 0 Å². The number of nitrogens with zero attached hydrogens (tertiary/aromatic N) is 1. The normalized spacial score (nSPS) is 11.4. The van der Waals surface area contributed by atoms with E-state index in [-0.39, 0.29) is 18.2 Å². The second-order valence-corrected chi connectivity index (χ2v) is 9.13. The van der Waals surface area contributed by atoms with E-state index in [0.717, 1.165) is 28.0 Å². The first-order valence-electron chi connectivity index (χ1n) is 12.1. The van der Waals surface area contributed by atoms with Crippen molar-refractivity contribution in [3.63, 3.8) is 0 Å². The highest BCUT2D eigenvalue weighted by Crippen LogP contribution is 2.25. The van der Waals surface area contributed by atoms with E-state index in [4.69, 9.17) is 16.3 Å². The molecule has 0 heterocycles. The quantitative estimate of drug-likeness (QED) is 0.284. The molecule has 2 amide bonds. The van der Waals surface area contributed by atoms with Crippen LogP contribution in [0.1, 0.15) is 28.3 Å². The lowest BCUT2D eigenvalue weighted by atomic mass is 10.0. The van der Waals surface area contributed by atoms with Crippen LogP contribution < -0.4 is 10.1 Å². The second-order valence-electron chi connectivity index (χ2n) is 8.69. The highest BCUT2D eigenvalue weighted by atomic mass is 35.5. The Hall–Kier alpha value is -4.09. The number of rotatable bonds is 10. The molecule has 6 heteroatoms. The van der Waals surface area contributed by atoms with Crippen LogP contribution in [0.3, 0.4) is 0 Å². The van der Waals surface area contributed by atoms with E-state index in [1.807, 2.05) is 97.1 Å². The van der Waals surface area contributed by atoms with Gasteiger partial charge in [0, 0.05) is 18.1 Å². The van der Waals surface area contributed by atoms with Crippen LogP contribution in [0.4, 0.5) is 0 Å². The van der Waals surface area contributed by atoms with Crippen molar-refractivity contribution < 1.29 is 14.3 Å². The topological polar surface area (TPSA) is 58.6 Å². The fraction of sp³-hybridized carbons (Fsp3) is 0.161. The average molecular weight is 513 g/mol. The number of hydrogen-bond acceptors (Lipinski definition) is 3. The molecule has 0 bridgehead atoms. The number of carbonyl (C=O) groups is 2. The lowest BCUT2D eigenvalue weighted by molar-refractivity contribution is -0.141. The summed E-state index contributed by atoms with van der Waals surface area (Å²) < 4.78 is 5.22. The van der Waals surface area contributed by atoms with Gasteiger partial charge in [-0.05, 0) is 46.5 Å². The summed E-state index contributed by atoms with van der Waals surface area (Å²) >= 11 is 6.04. The van der Waals surface area contributed by atoms with Crippen molar-refractivity contribution in [1.82, 2.24) is 10.2 Å². The highest BCUT2D eigenvalue weighted by Gasteiger charge is 2.31. The summed E-state index contributed by atoms with van der Waals surface area (Å²) in [4.78, 5) is 29.1. The van der Waals surface area contributed by atoms with Gasteiger partial charge in [0.1, 0.15) is 11.8 Å². The third-order valence-corrected chi connectivity index (χ3v) is 6.34. The molecule has 0 saturated carbocycles. The standard InChI is InChI=1S/C31H29ClN2O3/c1-37-28-18-14-24(15-19-28)21-33-31(36)30(26-10-6-3-7-11-26)34(22-25-8-4-2-5-9-25)29(35)20-23-12-16-27(32)17-13-23/h2-19,30H,20-22H2,1H3,(H,33,36)/t30-/m1/s1. The molecule has 0 saturated heterocycles. The van der Waals surface area contributed by atoms with Gasteiger partial charge in [0.15, 0.2) is 0 Å². The summed E-state index contributed by atoms with van der Waals surface area (Å²) in [6.07, 6.45) is 0.152. The second kappa shape index (κ2) is 12.7. The molecule has 5 nitrogen and oxygen atoms in total. The summed E-state index contributed by atoms with van der Waals surface area (Å²) in [5, 5.41) is 3.65. The predicted octanol–water partition coefficient (Wildman–Crippen LogP) is 5.98. The Morgan fingerprint density at radius 1 is 0.784 bits per heavy atom. The molecule has 0 aromatic heterocycles. The smallest absolute Gasteiger partial charge is 0.247 e. The van der Waals surface area contributed by atoms with Crippen molar-refractivity contribution >= 4 is 23.4 Å². The summed E-state index contributed by atoms with van der Waals surface area (Å²) in [7, 11) is 1.61. The minimum absolute atomic E-state index is 0.152. The lowest BCUT2D eigenvalue weighted by Gasteiger charge is -2.32. The molecule has 188 valence electrons. The molecule has 0 unspecified atom stereocenters. The Morgan fingerprint density at radius 3 is 2.00 bits per heavy atom. The van der Waals surface area contributed by atoms with Crippen LogP contribution >= 0.6 is 11.6 Å². The van der Waals surface area contributed by atoms with E-state index in [1.165, 1.54) is 0 Å². The van der Waals surface area contributed by atoms with Crippen LogP contribution in [0.5, 0.6) is 5.75 Å². The Bertz CT molecular complexity index is 1290. The summed E-state index contributed by atoms with van der Waals surface area (Å²) in [5.41, 5.74) is 3.45. The van der Waals surface area contributed by atoms with Gasteiger partial charge >= 0.3 is 0 Å². The summed E-state index contributed by atoms with van der Waals surface area (Å²) in [6, 6.07) is 33.0. The molecule has 0 aliphatic carbocycles. The molecule has 0 aliphatic rings. The Balaban J connectivity index is 1.63. The van der Waals surface area contributed by atoms with Gasteiger partial charge < -0.3 is 15.0 Å². The van der Waals surface area contributed by atoms with E-state index in [2.05, 4.69) is 5.32 Å². The highest BCUT2D eigenvalue weighted by molar-refractivity contribution is 6.30. The minimum Gasteiger partial charge on any atom is -0.497 e. The molecule has 4 rings (SSSR count). The molecule has 0 spiro atoms. The fourth-order valence-electron chi connectivity index (χ4n) is 4.12.